The van der Waals surface area contributed by atoms with Crippen LogP contribution in [0.5, 0.6) is 17.2 Å². The second-order valence-electron chi connectivity index (χ2n) is 7.04. The molecule has 0 aliphatic carbocycles. The van der Waals surface area contributed by atoms with Crippen molar-refractivity contribution in [2.24, 2.45) is 0 Å². The van der Waals surface area contributed by atoms with Crippen LogP contribution in [0.2, 0.25) is 0 Å². The molecule has 0 saturated heterocycles. The van der Waals surface area contributed by atoms with Crippen molar-refractivity contribution >= 4 is 21.6 Å². The molecular weight excluding hydrogens is 408 g/mol. The van der Waals surface area contributed by atoms with Crippen LogP contribution in [-0.2, 0) is 14.8 Å². The molecule has 0 aromatic heterocycles. The lowest BCUT2D eigenvalue weighted by molar-refractivity contribution is -0.128. The first kappa shape index (κ1) is 21.8. The van der Waals surface area contributed by atoms with Gasteiger partial charge >= 0.3 is 0 Å². The van der Waals surface area contributed by atoms with E-state index in [1.165, 1.54) is 4.31 Å². The smallest absolute Gasteiger partial charge is 0.261 e. The van der Waals surface area contributed by atoms with E-state index in [-0.39, 0.29) is 24.9 Å². The SMILES string of the molecule is COc1ccc(OC)c([C@H](C)NC(=O)[C@@H]2CCN(S(C)(=O)=O)c3ccccc3O2)c1. The number of carbonyl (C=O) groups excluding carboxylic acids is 1. The minimum Gasteiger partial charge on any atom is -0.497 e. The first-order chi connectivity index (χ1) is 14.2. The zero-order chi connectivity index (χ0) is 21.9. The van der Waals surface area contributed by atoms with E-state index in [0.29, 0.717) is 22.9 Å². The summed E-state index contributed by atoms with van der Waals surface area (Å²) in [6.07, 6.45) is 0.522. The van der Waals surface area contributed by atoms with Crippen molar-refractivity contribution in [2.75, 3.05) is 31.3 Å². The third-order valence-electron chi connectivity index (χ3n) is 4.95. The second kappa shape index (κ2) is 8.83. The Labute approximate surface area is 176 Å². The van der Waals surface area contributed by atoms with Crippen molar-refractivity contribution in [2.45, 2.75) is 25.5 Å². The number of methoxy groups -OCH3 is 2. The minimum atomic E-state index is -3.50. The Hall–Kier alpha value is -2.94. The summed E-state index contributed by atoms with van der Waals surface area (Å²) in [6, 6.07) is 11.8. The van der Waals surface area contributed by atoms with Crippen molar-refractivity contribution in [3.63, 3.8) is 0 Å². The van der Waals surface area contributed by atoms with E-state index < -0.39 is 16.1 Å². The highest BCUT2D eigenvalue weighted by Gasteiger charge is 2.31. The summed E-state index contributed by atoms with van der Waals surface area (Å²) in [6.45, 7) is 1.98. The molecule has 0 spiro atoms. The molecule has 3 rings (SSSR count). The fourth-order valence-corrected chi connectivity index (χ4v) is 4.37. The standard InChI is InChI=1S/C21H26N2O6S/c1-14(16-13-15(27-2)9-10-18(16)28-3)22-21(24)20-11-12-23(30(4,25)26)17-7-5-6-8-19(17)29-20/h5-10,13-14,20H,11-12H2,1-4H3,(H,22,24)/t14-,20-/m0/s1. The number of rotatable bonds is 6. The average molecular weight is 435 g/mol. The predicted octanol–water partition coefficient (Wildman–Crippen LogP) is 2.50. The lowest BCUT2D eigenvalue weighted by Crippen LogP contribution is -2.40. The van der Waals surface area contributed by atoms with Gasteiger partial charge in [-0.2, -0.15) is 0 Å². The molecule has 0 bridgehead atoms. The number of nitrogens with one attached hydrogen (secondary N) is 1. The summed E-state index contributed by atoms with van der Waals surface area (Å²) >= 11 is 0. The molecule has 162 valence electrons. The summed E-state index contributed by atoms with van der Waals surface area (Å²) in [5.41, 5.74) is 1.19. The van der Waals surface area contributed by atoms with Crippen LogP contribution in [0.3, 0.4) is 0 Å². The number of nitrogens with zero attached hydrogens (tertiary/aromatic N) is 1. The first-order valence-electron chi connectivity index (χ1n) is 9.50. The quantitative estimate of drug-likeness (QED) is 0.751. The summed E-state index contributed by atoms with van der Waals surface area (Å²) in [5.74, 6) is 1.29. The number of carbonyl (C=O) groups is 1. The molecule has 0 unspecified atom stereocenters. The number of hydrogen-bond donors (Lipinski definition) is 1. The van der Waals surface area contributed by atoms with Crippen molar-refractivity contribution in [3.05, 3.63) is 48.0 Å². The third kappa shape index (κ3) is 4.62. The van der Waals surface area contributed by atoms with Crippen LogP contribution in [0.1, 0.15) is 24.9 Å². The molecule has 30 heavy (non-hydrogen) atoms. The fourth-order valence-electron chi connectivity index (χ4n) is 3.42. The summed E-state index contributed by atoms with van der Waals surface area (Å²) < 4.78 is 42.3. The Kier molecular flexibility index (Phi) is 6.40. The Balaban J connectivity index is 1.81. The molecule has 1 aliphatic heterocycles. The number of ether oxygens (including phenoxy) is 3. The zero-order valence-corrected chi connectivity index (χ0v) is 18.2. The van der Waals surface area contributed by atoms with Crippen LogP contribution in [0.25, 0.3) is 0 Å². The van der Waals surface area contributed by atoms with Crippen molar-refractivity contribution < 1.29 is 27.4 Å². The van der Waals surface area contributed by atoms with E-state index >= 15 is 0 Å². The van der Waals surface area contributed by atoms with E-state index in [1.807, 2.05) is 6.92 Å². The number of amides is 1. The molecule has 2 aromatic carbocycles. The lowest BCUT2D eigenvalue weighted by atomic mass is 10.1. The fraction of sp³-hybridized carbons (Fsp3) is 0.381. The number of fused-ring (bicyclic) bond motifs is 1. The van der Waals surface area contributed by atoms with Gasteiger partial charge in [0.05, 0.1) is 32.2 Å². The van der Waals surface area contributed by atoms with Crippen LogP contribution >= 0.6 is 0 Å². The third-order valence-corrected chi connectivity index (χ3v) is 6.13. The van der Waals surface area contributed by atoms with Gasteiger partial charge in [0.2, 0.25) is 10.0 Å². The topological polar surface area (TPSA) is 94.2 Å². The number of sulfonamides is 1. The lowest BCUT2D eigenvalue weighted by Gasteiger charge is -2.22. The number of para-hydroxylation sites is 2. The Morgan fingerprint density at radius 3 is 2.60 bits per heavy atom. The summed E-state index contributed by atoms with van der Waals surface area (Å²) in [5, 5.41) is 2.94. The summed E-state index contributed by atoms with van der Waals surface area (Å²) in [7, 11) is -0.374. The van der Waals surface area contributed by atoms with E-state index in [4.69, 9.17) is 14.2 Å². The molecule has 0 saturated carbocycles. The second-order valence-corrected chi connectivity index (χ2v) is 8.94. The first-order valence-corrected chi connectivity index (χ1v) is 11.3. The van der Waals surface area contributed by atoms with Crippen molar-refractivity contribution in [1.29, 1.82) is 0 Å². The van der Waals surface area contributed by atoms with E-state index in [0.717, 1.165) is 11.8 Å². The van der Waals surface area contributed by atoms with Gasteiger partial charge in [0.1, 0.15) is 17.2 Å². The molecule has 8 nitrogen and oxygen atoms in total. The van der Waals surface area contributed by atoms with E-state index in [9.17, 15) is 13.2 Å². The van der Waals surface area contributed by atoms with Gasteiger partial charge in [-0.05, 0) is 37.3 Å². The maximum Gasteiger partial charge on any atom is 0.261 e. The maximum atomic E-state index is 13.0. The van der Waals surface area contributed by atoms with Crippen LogP contribution in [0.15, 0.2) is 42.5 Å². The summed E-state index contributed by atoms with van der Waals surface area (Å²) in [4.78, 5) is 13.0. The largest absolute Gasteiger partial charge is 0.497 e. The zero-order valence-electron chi connectivity index (χ0n) is 17.4. The minimum absolute atomic E-state index is 0.144. The normalized spacial score (nSPS) is 17.2. The average Bonchev–Trinajstić information content (AvgIpc) is 2.93. The van der Waals surface area contributed by atoms with Crippen LogP contribution < -0.4 is 23.8 Å². The molecular formula is C21H26N2O6S. The van der Waals surface area contributed by atoms with Gasteiger partial charge in [0.15, 0.2) is 6.10 Å². The molecule has 1 amide bonds. The monoisotopic (exact) mass is 434 g/mol. The highest BCUT2D eigenvalue weighted by Crippen LogP contribution is 2.34. The highest BCUT2D eigenvalue weighted by atomic mass is 32.2. The molecule has 0 radical (unpaired) electrons. The molecule has 1 N–H and O–H groups in total. The van der Waals surface area contributed by atoms with Crippen molar-refractivity contribution in [1.82, 2.24) is 5.32 Å². The molecule has 0 fully saturated rings. The van der Waals surface area contributed by atoms with Crippen molar-refractivity contribution in [3.8, 4) is 17.2 Å². The van der Waals surface area contributed by atoms with Crippen LogP contribution in [-0.4, -0.2) is 47.4 Å². The molecule has 2 atom stereocenters. The van der Waals surface area contributed by atoms with E-state index in [1.54, 1.807) is 56.7 Å². The molecule has 1 aliphatic rings. The van der Waals surface area contributed by atoms with Gasteiger partial charge < -0.3 is 19.5 Å². The molecule has 9 heteroatoms. The number of hydrogen-bond acceptors (Lipinski definition) is 6. The van der Waals surface area contributed by atoms with Gasteiger partial charge in [0, 0.05) is 18.5 Å². The Bertz CT molecular complexity index is 1020. The number of benzene rings is 2. The van der Waals surface area contributed by atoms with Gasteiger partial charge in [-0.3, -0.25) is 9.10 Å². The van der Waals surface area contributed by atoms with E-state index in [2.05, 4.69) is 5.32 Å². The molecule has 2 aromatic rings. The Morgan fingerprint density at radius 2 is 1.93 bits per heavy atom. The van der Waals surface area contributed by atoms with Crippen LogP contribution in [0.4, 0.5) is 5.69 Å². The maximum absolute atomic E-state index is 13.0. The predicted molar refractivity (Wildman–Crippen MR) is 114 cm³/mol. The van der Waals surface area contributed by atoms with Crippen LogP contribution in [0, 0.1) is 0 Å². The Morgan fingerprint density at radius 1 is 1.20 bits per heavy atom. The highest BCUT2D eigenvalue weighted by molar-refractivity contribution is 7.92. The number of anilines is 1. The van der Waals surface area contributed by atoms with Gasteiger partial charge in [-0.15, -0.1) is 0 Å². The van der Waals surface area contributed by atoms with Gasteiger partial charge in [0.25, 0.3) is 5.91 Å². The molecule has 1 heterocycles. The van der Waals surface area contributed by atoms with Gasteiger partial charge in [-0.1, -0.05) is 12.1 Å². The van der Waals surface area contributed by atoms with Gasteiger partial charge in [-0.25, -0.2) is 8.42 Å².